The van der Waals surface area contributed by atoms with Crippen LogP contribution in [0.1, 0.15) is 12.8 Å². The molecule has 6 nitrogen and oxygen atoms in total. The van der Waals surface area contributed by atoms with E-state index in [2.05, 4.69) is 9.97 Å². The maximum Gasteiger partial charge on any atom is 0.306 e. The Balaban J connectivity index is 1.75. The molecule has 1 fully saturated rings. The minimum Gasteiger partial charge on any atom is -0.481 e. The summed E-state index contributed by atoms with van der Waals surface area (Å²) in [5.74, 6) is -1.11. The van der Waals surface area contributed by atoms with Crippen LogP contribution >= 0.6 is 11.3 Å². The third-order valence-electron chi connectivity index (χ3n) is 4.72. The number of carboxylic acids is 1. The zero-order chi connectivity index (χ0) is 18.3. The number of thiophene rings is 1. The fourth-order valence-corrected chi connectivity index (χ4v) is 4.17. The number of piperidine rings is 1. The normalized spacial score (nSPS) is 15.5. The smallest absolute Gasteiger partial charge is 0.306 e. The first kappa shape index (κ1) is 16.7. The van der Waals surface area contributed by atoms with Gasteiger partial charge >= 0.3 is 5.97 Å². The number of hydrogen-bond donors (Lipinski definition) is 2. The van der Waals surface area contributed by atoms with Crippen molar-refractivity contribution in [2.24, 2.45) is 5.92 Å². The summed E-state index contributed by atoms with van der Waals surface area (Å²) in [4.78, 5) is 32.8. The van der Waals surface area contributed by atoms with Crippen LogP contribution in [0.2, 0.25) is 0 Å². The monoisotopic (exact) mass is 373 g/mol. The lowest BCUT2D eigenvalue weighted by Gasteiger charge is -2.30. The molecule has 26 heavy (non-hydrogen) atoms. The van der Waals surface area contributed by atoms with E-state index in [1.165, 1.54) is 17.4 Å². The first-order chi connectivity index (χ1) is 12.5. The lowest BCUT2D eigenvalue weighted by Crippen LogP contribution is -2.38. The Labute approximate surface area is 151 Å². The van der Waals surface area contributed by atoms with Gasteiger partial charge in [-0.3, -0.25) is 14.6 Å². The number of halogens is 1. The van der Waals surface area contributed by atoms with Gasteiger partial charge in [-0.2, -0.15) is 0 Å². The molecule has 0 unspecified atom stereocenters. The van der Waals surface area contributed by atoms with Crippen molar-refractivity contribution in [1.82, 2.24) is 9.97 Å². The summed E-state index contributed by atoms with van der Waals surface area (Å²) >= 11 is 1.23. The highest BCUT2D eigenvalue weighted by Crippen LogP contribution is 2.33. The van der Waals surface area contributed by atoms with Crippen LogP contribution in [-0.4, -0.2) is 34.1 Å². The molecule has 0 spiro atoms. The quantitative estimate of drug-likeness (QED) is 0.737. The summed E-state index contributed by atoms with van der Waals surface area (Å²) in [7, 11) is 0. The number of aliphatic carboxylic acids is 1. The van der Waals surface area contributed by atoms with E-state index in [1.54, 1.807) is 23.6 Å². The molecule has 0 aliphatic carbocycles. The van der Waals surface area contributed by atoms with Crippen molar-refractivity contribution < 1.29 is 14.3 Å². The van der Waals surface area contributed by atoms with E-state index >= 15 is 0 Å². The SMILES string of the molecule is O=C(O)C1CCN(c2nc3c(-c4ccccc4F)csc3c(=O)[nH]2)CC1. The Morgan fingerprint density at radius 2 is 2.00 bits per heavy atom. The number of aromatic amines is 1. The fourth-order valence-electron chi connectivity index (χ4n) is 3.27. The van der Waals surface area contributed by atoms with Crippen LogP contribution in [0.25, 0.3) is 21.3 Å². The van der Waals surface area contributed by atoms with Crippen LogP contribution in [0.5, 0.6) is 0 Å². The van der Waals surface area contributed by atoms with Crippen LogP contribution in [0, 0.1) is 11.7 Å². The second kappa shape index (κ2) is 6.53. The van der Waals surface area contributed by atoms with Gasteiger partial charge in [0.2, 0.25) is 5.95 Å². The predicted molar refractivity (Wildman–Crippen MR) is 98.2 cm³/mol. The van der Waals surface area contributed by atoms with Gasteiger partial charge in [0.25, 0.3) is 5.56 Å². The summed E-state index contributed by atoms with van der Waals surface area (Å²) in [6, 6.07) is 6.40. The average molecular weight is 373 g/mol. The van der Waals surface area contributed by atoms with E-state index in [9.17, 15) is 14.0 Å². The molecule has 2 aromatic heterocycles. The largest absolute Gasteiger partial charge is 0.481 e. The minimum absolute atomic E-state index is 0.266. The predicted octanol–water partition coefficient (Wildman–Crippen LogP) is 3.09. The van der Waals surface area contributed by atoms with Crippen molar-refractivity contribution in [3.05, 3.63) is 45.8 Å². The number of carboxylic acid groups (broad SMARTS) is 1. The second-order valence-corrected chi connectivity index (χ2v) is 7.18. The molecule has 0 amide bonds. The number of nitrogens with zero attached hydrogens (tertiary/aromatic N) is 2. The van der Waals surface area contributed by atoms with Gasteiger partial charge in [0.05, 0.1) is 11.4 Å². The molecule has 1 aliphatic heterocycles. The topological polar surface area (TPSA) is 86.3 Å². The van der Waals surface area contributed by atoms with Gasteiger partial charge in [-0.15, -0.1) is 11.3 Å². The number of benzene rings is 1. The van der Waals surface area contributed by atoms with Crippen molar-refractivity contribution in [2.45, 2.75) is 12.8 Å². The third-order valence-corrected chi connectivity index (χ3v) is 5.69. The van der Waals surface area contributed by atoms with Crippen LogP contribution in [0.15, 0.2) is 34.4 Å². The molecule has 1 aromatic carbocycles. The highest BCUT2D eigenvalue weighted by molar-refractivity contribution is 7.17. The number of aromatic nitrogens is 2. The molecular formula is C18H16FN3O3S. The molecule has 1 aliphatic rings. The number of H-pyrrole nitrogens is 1. The van der Waals surface area contributed by atoms with E-state index in [1.807, 2.05) is 4.90 Å². The van der Waals surface area contributed by atoms with Crippen LogP contribution in [0.3, 0.4) is 0 Å². The zero-order valence-corrected chi connectivity index (χ0v) is 14.6. The molecule has 8 heteroatoms. The van der Waals surface area contributed by atoms with E-state index in [0.29, 0.717) is 53.2 Å². The molecular weight excluding hydrogens is 357 g/mol. The second-order valence-electron chi connectivity index (χ2n) is 6.30. The van der Waals surface area contributed by atoms with Gasteiger partial charge in [0, 0.05) is 29.6 Å². The summed E-state index contributed by atoms with van der Waals surface area (Å²) < 4.78 is 14.6. The number of carbonyl (C=O) groups is 1. The molecule has 1 saturated heterocycles. The average Bonchev–Trinajstić information content (AvgIpc) is 3.06. The minimum atomic E-state index is -0.791. The number of hydrogen-bond acceptors (Lipinski definition) is 5. The lowest BCUT2D eigenvalue weighted by molar-refractivity contribution is -0.142. The van der Waals surface area contributed by atoms with Gasteiger partial charge in [0.15, 0.2) is 0 Å². The van der Waals surface area contributed by atoms with Crippen LogP contribution < -0.4 is 10.5 Å². The Hall–Kier alpha value is -2.74. The molecule has 0 saturated carbocycles. The van der Waals surface area contributed by atoms with Gasteiger partial charge in [-0.05, 0) is 18.9 Å². The fraction of sp³-hybridized carbons (Fsp3) is 0.278. The molecule has 3 aromatic rings. The number of nitrogens with one attached hydrogen (secondary N) is 1. The lowest BCUT2D eigenvalue weighted by atomic mass is 9.97. The molecule has 0 atom stereocenters. The zero-order valence-electron chi connectivity index (χ0n) is 13.7. The molecule has 4 rings (SSSR count). The third kappa shape index (κ3) is 2.86. The van der Waals surface area contributed by atoms with Crippen molar-refractivity contribution >= 4 is 33.5 Å². The van der Waals surface area contributed by atoms with Gasteiger partial charge in [0.1, 0.15) is 10.5 Å². The van der Waals surface area contributed by atoms with Crippen LogP contribution in [0.4, 0.5) is 10.3 Å². The summed E-state index contributed by atoms with van der Waals surface area (Å²) in [6.07, 6.45) is 1.00. The summed E-state index contributed by atoms with van der Waals surface area (Å²) in [5, 5.41) is 10.9. The Morgan fingerprint density at radius 3 is 2.69 bits per heavy atom. The number of anilines is 1. The highest BCUT2D eigenvalue weighted by atomic mass is 32.1. The number of fused-ring (bicyclic) bond motifs is 1. The van der Waals surface area contributed by atoms with Gasteiger partial charge in [-0.25, -0.2) is 9.37 Å². The first-order valence-electron chi connectivity index (χ1n) is 8.29. The molecule has 0 bridgehead atoms. The van der Waals surface area contributed by atoms with E-state index in [-0.39, 0.29) is 17.3 Å². The van der Waals surface area contributed by atoms with Crippen LogP contribution in [-0.2, 0) is 4.79 Å². The Kier molecular flexibility index (Phi) is 4.20. The van der Waals surface area contributed by atoms with Gasteiger partial charge in [-0.1, -0.05) is 18.2 Å². The molecule has 0 radical (unpaired) electrons. The van der Waals surface area contributed by atoms with Crippen molar-refractivity contribution in [2.75, 3.05) is 18.0 Å². The van der Waals surface area contributed by atoms with E-state index < -0.39 is 5.97 Å². The molecule has 2 N–H and O–H groups in total. The van der Waals surface area contributed by atoms with E-state index in [4.69, 9.17) is 5.11 Å². The van der Waals surface area contributed by atoms with Crippen molar-refractivity contribution in [3.63, 3.8) is 0 Å². The molecule has 3 heterocycles. The van der Waals surface area contributed by atoms with Gasteiger partial charge < -0.3 is 10.0 Å². The van der Waals surface area contributed by atoms with Crippen molar-refractivity contribution in [3.8, 4) is 11.1 Å². The summed E-state index contributed by atoms with van der Waals surface area (Å²) in [6.45, 7) is 1.01. The summed E-state index contributed by atoms with van der Waals surface area (Å²) in [5.41, 5.74) is 1.21. The Morgan fingerprint density at radius 1 is 1.27 bits per heavy atom. The maximum atomic E-state index is 14.2. The number of rotatable bonds is 3. The van der Waals surface area contributed by atoms with E-state index in [0.717, 1.165) is 0 Å². The maximum absolute atomic E-state index is 14.2. The first-order valence-corrected chi connectivity index (χ1v) is 9.16. The van der Waals surface area contributed by atoms with Crippen molar-refractivity contribution in [1.29, 1.82) is 0 Å². The Bertz CT molecular complexity index is 1040. The molecule has 134 valence electrons. The standard InChI is InChI=1S/C18H16FN3O3S/c19-13-4-2-1-3-11(13)12-9-26-15-14(12)20-18(21-16(15)23)22-7-5-10(6-8-22)17(24)25/h1-4,9-10H,5-8H2,(H,24,25)(H,20,21,23). The highest BCUT2D eigenvalue weighted by Gasteiger charge is 2.26.